The predicted octanol–water partition coefficient (Wildman–Crippen LogP) is 2.47. The van der Waals surface area contributed by atoms with Crippen LogP contribution in [0.5, 0.6) is 0 Å². The Balaban J connectivity index is 2.60. The molecule has 0 radical (unpaired) electrons. The van der Waals surface area contributed by atoms with Gasteiger partial charge in [-0.25, -0.2) is 0 Å². The zero-order valence-electron chi connectivity index (χ0n) is 13.0. The molecule has 1 unspecified atom stereocenters. The molecule has 1 atom stereocenters. The number of nitrogens with one attached hydrogen (secondary N) is 1. The van der Waals surface area contributed by atoms with Gasteiger partial charge in [0.15, 0.2) is 0 Å². The lowest BCUT2D eigenvalue weighted by atomic mass is 10.2. The molecule has 1 aromatic carbocycles. The summed E-state index contributed by atoms with van der Waals surface area (Å²) in [6, 6.07) is 6.46. The van der Waals surface area contributed by atoms with Crippen LogP contribution < -0.4 is 11.1 Å². The number of benzene rings is 1. The van der Waals surface area contributed by atoms with Crippen LogP contribution in [-0.2, 0) is 4.79 Å². The first-order valence-electron chi connectivity index (χ1n) is 7.05. The summed E-state index contributed by atoms with van der Waals surface area (Å²) in [7, 11) is 0. The van der Waals surface area contributed by atoms with Gasteiger partial charge in [0, 0.05) is 24.3 Å². The predicted molar refractivity (Wildman–Crippen MR) is 96.2 cm³/mol. The Bertz CT molecular complexity index is 542. The summed E-state index contributed by atoms with van der Waals surface area (Å²) in [6.45, 7) is 7.52. The molecule has 0 saturated carbocycles. The third-order valence-corrected chi connectivity index (χ3v) is 4.68. The molecule has 0 aliphatic rings. The van der Waals surface area contributed by atoms with Crippen molar-refractivity contribution >= 4 is 45.8 Å². The topological polar surface area (TPSA) is 75.4 Å². The van der Waals surface area contributed by atoms with Crippen LogP contribution >= 0.6 is 24.0 Å². The Morgan fingerprint density at radius 3 is 2.27 bits per heavy atom. The zero-order chi connectivity index (χ0) is 16.7. The smallest absolute Gasteiger partial charge is 0.248 e. The van der Waals surface area contributed by atoms with Gasteiger partial charge in [-0.3, -0.25) is 9.59 Å². The van der Waals surface area contributed by atoms with Crippen molar-refractivity contribution in [2.75, 3.05) is 18.4 Å². The number of anilines is 1. The zero-order valence-corrected chi connectivity index (χ0v) is 14.6. The monoisotopic (exact) mass is 339 g/mol. The molecule has 0 aliphatic carbocycles. The van der Waals surface area contributed by atoms with E-state index >= 15 is 0 Å². The Kier molecular flexibility index (Phi) is 7.34. The van der Waals surface area contributed by atoms with E-state index in [1.54, 1.807) is 24.3 Å². The molecule has 0 aliphatic heterocycles. The molecule has 22 heavy (non-hydrogen) atoms. The molecule has 0 aromatic heterocycles. The van der Waals surface area contributed by atoms with E-state index in [1.165, 1.54) is 11.8 Å². The van der Waals surface area contributed by atoms with Gasteiger partial charge in [0.2, 0.25) is 11.8 Å². The lowest BCUT2D eigenvalue weighted by Crippen LogP contribution is -2.31. The third-order valence-electron chi connectivity index (χ3n) is 3.11. The van der Waals surface area contributed by atoms with Crippen molar-refractivity contribution in [2.45, 2.75) is 26.0 Å². The molecule has 120 valence electrons. The van der Waals surface area contributed by atoms with Gasteiger partial charge in [-0.1, -0.05) is 24.0 Å². The average molecular weight is 339 g/mol. The average Bonchev–Trinajstić information content (AvgIpc) is 2.48. The van der Waals surface area contributed by atoms with E-state index < -0.39 is 5.91 Å². The number of carbonyl (C=O) groups excluding carboxylic acids is 2. The Labute approximate surface area is 140 Å². The summed E-state index contributed by atoms with van der Waals surface area (Å²) in [5, 5.41) is 2.50. The van der Waals surface area contributed by atoms with Crippen molar-refractivity contribution in [1.82, 2.24) is 4.90 Å². The minimum atomic E-state index is -0.494. The summed E-state index contributed by atoms with van der Waals surface area (Å²) in [5.41, 5.74) is 6.20. The molecule has 3 N–H and O–H groups in total. The van der Waals surface area contributed by atoms with Gasteiger partial charge in [-0.15, -0.1) is 0 Å². The number of nitrogens with zero attached hydrogens (tertiary/aromatic N) is 1. The van der Waals surface area contributed by atoms with Crippen molar-refractivity contribution in [3.05, 3.63) is 29.8 Å². The van der Waals surface area contributed by atoms with Crippen LogP contribution in [0.15, 0.2) is 24.3 Å². The fourth-order valence-corrected chi connectivity index (χ4v) is 3.29. The van der Waals surface area contributed by atoms with E-state index in [9.17, 15) is 9.59 Å². The van der Waals surface area contributed by atoms with Gasteiger partial charge < -0.3 is 16.0 Å². The minimum Gasteiger partial charge on any atom is -0.366 e. The summed E-state index contributed by atoms with van der Waals surface area (Å²) in [5.74, 6) is -0.627. The molecule has 0 saturated heterocycles. The number of thiocarbonyl (C=S) groups is 1. The highest BCUT2D eigenvalue weighted by molar-refractivity contribution is 8.23. The highest BCUT2D eigenvalue weighted by Gasteiger charge is 2.18. The van der Waals surface area contributed by atoms with Crippen molar-refractivity contribution in [1.29, 1.82) is 0 Å². The number of hydrogen-bond donors (Lipinski definition) is 2. The summed E-state index contributed by atoms with van der Waals surface area (Å²) in [4.78, 5) is 25.2. The Morgan fingerprint density at radius 1 is 1.27 bits per heavy atom. The fraction of sp³-hybridized carbons (Fsp3) is 0.400. The number of amides is 2. The number of nitrogens with two attached hydrogens (primary N) is 1. The van der Waals surface area contributed by atoms with Gasteiger partial charge in [0.25, 0.3) is 0 Å². The number of primary amides is 1. The third kappa shape index (κ3) is 5.31. The maximum atomic E-state index is 12.2. The largest absolute Gasteiger partial charge is 0.366 e. The summed E-state index contributed by atoms with van der Waals surface area (Å²) in [6.07, 6.45) is 0. The molecule has 7 heteroatoms. The minimum absolute atomic E-state index is 0.133. The quantitative estimate of drug-likeness (QED) is 0.779. The van der Waals surface area contributed by atoms with E-state index in [4.69, 9.17) is 18.0 Å². The standard InChI is InChI=1S/C15H21N3O2S2/c1-4-18(5-2)15(21)22-10(3)14(20)17-12-8-6-11(7-9-12)13(16)19/h6-10H,4-5H2,1-3H3,(H2,16,19)(H,17,20). The van der Waals surface area contributed by atoms with Crippen LogP contribution in [0, 0.1) is 0 Å². The van der Waals surface area contributed by atoms with E-state index in [0.717, 1.165) is 17.4 Å². The maximum Gasteiger partial charge on any atom is 0.248 e. The van der Waals surface area contributed by atoms with E-state index in [1.807, 2.05) is 25.7 Å². The molecule has 5 nitrogen and oxygen atoms in total. The lowest BCUT2D eigenvalue weighted by molar-refractivity contribution is -0.115. The highest BCUT2D eigenvalue weighted by Crippen LogP contribution is 2.18. The number of carbonyl (C=O) groups is 2. The number of thioether (sulfide) groups is 1. The second kappa shape index (κ2) is 8.75. The first-order chi connectivity index (χ1) is 10.4. The van der Waals surface area contributed by atoms with Crippen LogP contribution in [0.25, 0.3) is 0 Å². The van der Waals surface area contributed by atoms with Crippen molar-refractivity contribution in [3.8, 4) is 0 Å². The first-order valence-corrected chi connectivity index (χ1v) is 8.34. The van der Waals surface area contributed by atoms with Gasteiger partial charge in [0.1, 0.15) is 4.32 Å². The van der Waals surface area contributed by atoms with Crippen LogP contribution in [-0.4, -0.2) is 39.4 Å². The second-order valence-electron chi connectivity index (χ2n) is 4.63. The van der Waals surface area contributed by atoms with E-state index in [-0.39, 0.29) is 11.2 Å². The van der Waals surface area contributed by atoms with Crippen LogP contribution in [0.4, 0.5) is 5.69 Å². The summed E-state index contributed by atoms with van der Waals surface area (Å²) < 4.78 is 0.719. The van der Waals surface area contributed by atoms with Gasteiger partial charge in [-0.05, 0) is 45.0 Å². The Morgan fingerprint density at radius 2 is 1.82 bits per heavy atom. The van der Waals surface area contributed by atoms with E-state index in [0.29, 0.717) is 11.3 Å². The van der Waals surface area contributed by atoms with E-state index in [2.05, 4.69) is 5.32 Å². The Hall–Kier alpha value is -1.60. The number of rotatable bonds is 6. The highest BCUT2D eigenvalue weighted by atomic mass is 32.2. The van der Waals surface area contributed by atoms with Crippen molar-refractivity contribution in [2.24, 2.45) is 5.73 Å². The van der Waals surface area contributed by atoms with Crippen molar-refractivity contribution in [3.63, 3.8) is 0 Å². The normalized spacial score (nSPS) is 11.6. The van der Waals surface area contributed by atoms with Crippen molar-refractivity contribution < 1.29 is 9.59 Å². The molecule has 2 amide bonds. The molecule has 0 spiro atoms. The summed E-state index contributed by atoms with van der Waals surface area (Å²) >= 11 is 6.70. The fourth-order valence-electron chi connectivity index (χ4n) is 1.72. The van der Waals surface area contributed by atoms with Gasteiger partial charge >= 0.3 is 0 Å². The lowest BCUT2D eigenvalue weighted by Gasteiger charge is -2.22. The van der Waals surface area contributed by atoms with Crippen LogP contribution in [0.2, 0.25) is 0 Å². The maximum absolute atomic E-state index is 12.2. The van der Waals surface area contributed by atoms with Crippen LogP contribution in [0.1, 0.15) is 31.1 Å². The SMILES string of the molecule is CCN(CC)C(=S)SC(C)C(=O)Nc1ccc(C(N)=O)cc1. The molecule has 0 fully saturated rings. The molecular weight excluding hydrogens is 318 g/mol. The first kappa shape index (κ1) is 18.4. The molecule has 1 aromatic rings. The molecule has 0 heterocycles. The van der Waals surface area contributed by atoms with Crippen LogP contribution in [0.3, 0.4) is 0 Å². The molecule has 0 bridgehead atoms. The van der Waals surface area contributed by atoms with Gasteiger partial charge in [0.05, 0.1) is 5.25 Å². The second-order valence-corrected chi connectivity index (χ2v) is 6.60. The molecular formula is C15H21N3O2S2. The molecule has 1 rings (SSSR count). The van der Waals surface area contributed by atoms with Gasteiger partial charge in [-0.2, -0.15) is 0 Å². The number of hydrogen-bond acceptors (Lipinski definition) is 4.